The van der Waals surface area contributed by atoms with Gasteiger partial charge < -0.3 is 4.90 Å². The Balaban J connectivity index is 1.26. The Kier molecular flexibility index (Phi) is 9.00. The van der Waals surface area contributed by atoms with Gasteiger partial charge in [0.05, 0.1) is 17.1 Å². The zero-order valence-corrected chi connectivity index (χ0v) is 33.1. The molecule has 8 aromatic carbocycles. The van der Waals surface area contributed by atoms with Crippen LogP contribution in [0.5, 0.6) is 0 Å². The third kappa shape index (κ3) is 6.46. The summed E-state index contributed by atoms with van der Waals surface area (Å²) in [5.41, 5.74) is 13.0. The highest BCUT2D eigenvalue weighted by atomic mass is 32.3. The smallest absolute Gasteiger partial charge is 0.166 e. The molecule has 0 unspecified atom stereocenters. The summed E-state index contributed by atoms with van der Waals surface area (Å²) in [6.45, 7) is 0. The van der Waals surface area contributed by atoms with Gasteiger partial charge in [0, 0.05) is 26.5 Å². The summed E-state index contributed by atoms with van der Waals surface area (Å²) in [5.74, 6) is 1.87. The summed E-state index contributed by atoms with van der Waals surface area (Å²) < 4.78 is 0. The van der Waals surface area contributed by atoms with E-state index in [4.69, 9.17) is 15.0 Å². The first-order valence-electron chi connectivity index (χ1n) is 19.5. The Labute approximate surface area is 341 Å². The van der Waals surface area contributed by atoms with Gasteiger partial charge in [-0.15, -0.1) is 0 Å². The molecule has 10 rings (SSSR count). The van der Waals surface area contributed by atoms with Crippen LogP contribution in [-0.2, 0) is 0 Å². The van der Waals surface area contributed by atoms with Crippen molar-refractivity contribution in [3.8, 4) is 67.5 Å². The molecule has 4 nitrogen and oxygen atoms in total. The first-order valence-corrected chi connectivity index (χ1v) is 22.0. The van der Waals surface area contributed by atoms with Crippen LogP contribution in [0.25, 0.3) is 67.5 Å². The van der Waals surface area contributed by atoms with Gasteiger partial charge in [0.1, 0.15) is 0 Å². The quantitative estimate of drug-likeness (QED) is 0.162. The number of benzene rings is 8. The number of hydrogen-bond donors (Lipinski definition) is 0. The molecule has 1 aliphatic heterocycles. The van der Waals surface area contributed by atoms with Gasteiger partial charge in [-0.05, 0) is 100 Å². The normalized spacial score (nSPS) is 13.3. The third-order valence-corrected chi connectivity index (χ3v) is 13.9. The SMILES string of the molecule is CS1(C)c2ccccc2N(c2ccc(-c3cc(-c4ccccc4)cc(-c4ccccc4)c3)cc2-c2nc(-c3ccccc3)nc(-c3ccccc3)n2)c2ccccc21. The first kappa shape index (κ1) is 35.3. The summed E-state index contributed by atoms with van der Waals surface area (Å²) in [5, 5.41) is 0. The minimum Gasteiger partial charge on any atom is -0.308 e. The average Bonchev–Trinajstić information content (AvgIpc) is 3.30. The van der Waals surface area contributed by atoms with E-state index in [0.29, 0.717) is 17.5 Å². The molecule has 0 bridgehead atoms. The predicted octanol–water partition coefficient (Wildman–Crippen LogP) is 14.1. The van der Waals surface area contributed by atoms with E-state index in [0.717, 1.165) is 44.6 Å². The molecular formula is C53H40N4S. The Morgan fingerprint density at radius 2 is 0.690 bits per heavy atom. The fourth-order valence-electron chi connectivity index (χ4n) is 8.06. The number of aromatic nitrogens is 3. The molecule has 0 atom stereocenters. The van der Waals surface area contributed by atoms with Crippen molar-refractivity contribution in [2.75, 3.05) is 17.4 Å². The van der Waals surface area contributed by atoms with Crippen molar-refractivity contribution in [3.63, 3.8) is 0 Å². The second-order valence-corrected chi connectivity index (χ2v) is 18.4. The lowest BCUT2D eigenvalue weighted by molar-refractivity contribution is 1.07. The lowest BCUT2D eigenvalue weighted by Gasteiger charge is -2.45. The molecule has 9 aromatic rings. The number of rotatable bonds is 7. The van der Waals surface area contributed by atoms with Crippen molar-refractivity contribution in [1.29, 1.82) is 0 Å². The van der Waals surface area contributed by atoms with E-state index in [1.807, 2.05) is 36.4 Å². The van der Waals surface area contributed by atoms with Gasteiger partial charge in [0.2, 0.25) is 0 Å². The zero-order chi connectivity index (χ0) is 39.1. The number of nitrogens with zero attached hydrogens (tertiary/aromatic N) is 4. The molecule has 1 aliphatic rings. The van der Waals surface area contributed by atoms with Crippen LogP contribution in [0.4, 0.5) is 17.1 Å². The molecule has 0 radical (unpaired) electrons. The fourth-order valence-corrected chi connectivity index (χ4v) is 10.5. The minimum absolute atomic E-state index is 0.610. The van der Waals surface area contributed by atoms with Crippen molar-refractivity contribution in [2.24, 2.45) is 0 Å². The minimum atomic E-state index is -1.30. The van der Waals surface area contributed by atoms with Crippen molar-refractivity contribution in [3.05, 3.63) is 206 Å². The molecule has 2 heterocycles. The highest BCUT2D eigenvalue weighted by Crippen LogP contribution is 2.67. The van der Waals surface area contributed by atoms with E-state index in [1.165, 1.54) is 32.3 Å². The number of fused-ring (bicyclic) bond motifs is 2. The molecule has 278 valence electrons. The van der Waals surface area contributed by atoms with Crippen molar-refractivity contribution in [2.45, 2.75) is 9.79 Å². The van der Waals surface area contributed by atoms with Crippen LogP contribution < -0.4 is 4.90 Å². The molecule has 0 saturated heterocycles. The Morgan fingerprint density at radius 1 is 0.310 bits per heavy atom. The summed E-state index contributed by atoms with van der Waals surface area (Å²) >= 11 is 0. The predicted molar refractivity (Wildman–Crippen MR) is 243 cm³/mol. The maximum absolute atomic E-state index is 5.32. The molecule has 0 aliphatic carbocycles. The first-order chi connectivity index (χ1) is 28.5. The average molecular weight is 765 g/mol. The fraction of sp³-hybridized carbons (Fsp3) is 0.0377. The molecule has 0 saturated carbocycles. The Hall–Kier alpha value is -7.08. The maximum Gasteiger partial charge on any atom is 0.166 e. The highest BCUT2D eigenvalue weighted by molar-refractivity contribution is 8.33. The number of para-hydroxylation sites is 2. The zero-order valence-electron chi connectivity index (χ0n) is 32.3. The largest absolute Gasteiger partial charge is 0.308 e. The van der Waals surface area contributed by atoms with Crippen LogP contribution in [0.15, 0.2) is 216 Å². The van der Waals surface area contributed by atoms with Crippen LogP contribution in [0.1, 0.15) is 0 Å². The Morgan fingerprint density at radius 3 is 1.16 bits per heavy atom. The Bertz CT molecular complexity index is 2750. The standard InChI is InChI=1S/C53H40N4S/c1-58(2)49-29-17-15-27-47(49)57(48-28-16-18-30-50(48)58)46-32-31-41(44-34-42(37-19-7-3-8-20-37)33-43(35-44)38-21-9-4-10-22-38)36-45(46)53-55-51(39-23-11-5-12-24-39)54-52(56-53)40-25-13-6-14-26-40/h3-36H,1-2H3. The topological polar surface area (TPSA) is 41.9 Å². The molecule has 58 heavy (non-hydrogen) atoms. The lowest BCUT2D eigenvalue weighted by atomic mass is 9.92. The number of hydrogen-bond acceptors (Lipinski definition) is 4. The van der Waals surface area contributed by atoms with Gasteiger partial charge in [0.25, 0.3) is 0 Å². The molecular weight excluding hydrogens is 725 g/mol. The monoisotopic (exact) mass is 764 g/mol. The summed E-state index contributed by atoms with van der Waals surface area (Å²) in [4.78, 5) is 20.8. The van der Waals surface area contributed by atoms with Gasteiger partial charge in [0.15, 0.2) is 17.5 Å². The summed E-state index contributed by atoms with van der Waals surface area (Å²) in [7, 11) is -1.30. The van der Waals surface area contributed by atoms with Gasteiger partial charge in [-0.1, -0.05) is 152 Å². The molecule has 0 spiro atoms. The van der Waals surface area contributed by atoms with E-state index >= 15 is 0 Å². The van der Waals surface area contributed by atoms with E-state index in [1.54, 1.807) is 0 Å². The van der Waals surface area contributed by atoms with Gasteiger partial charge in [-0.2, -0.15) is 10.0 Å². The second kappa shape index (κ2) is 14.8. The van der Waals surface area contributed by atoms with E-state index in [9.17, 15) is 0 Å². The second-order valence-electron chi connectivity index (χ2n) is 14.9. The third-order valence-electron chi connectivity index (χ3n) is 11.0. The number of anilines is 3. The van der Waals surface area contributed by atoms with E-state index in [2.05, 4.69) is 187 Å². The molecule has 0 amide bonds. The van der Waals surface area contributed by atoms with Crippen molar-refractivity contribution < 1.29 is 0 Å². The molecule has 0 fully saturated rings. The van der Waals surface area contributed by atoms with Crippen LogP contribution in [0, 0.1) is 0 Å². The van der Waals surface area contributed by atoms with E-state index in [-0.39, 0.29) is 0 Å². The summed E-state index contributed by atoms with van der Waals surface area (Å²) in [6.07, 6.45) is 4.81. The van der Waals surface area contributed by atoms with Crippen LogP contribution in [-0.4, -0.2) is 27.5 Å². The van der Waals surface area contributed by atoms with Crippen LogP contribution >= 0.6 is 10.0 Å². The lowest BCUT2D eigenvalue weighted by Crippen LogP contribution is -2.20. The molecule has 5 heteroatoms. The van der Waals surface area contributed by atoms with Crippen molar-refractivity contribution >= 4 is 27.1 Å². The van der Waals surface area contributed by atoms with Crippen LogP contribution in [0.2, 0.25) is 0 Å². The maximum atomic E-state index is 5.32. The summed E-state index contributed by atoms with van der Waals surface area (Å²) in [6, 6.07) is 73.1. The van der Waals surface area contributed by atoms with Gasteiger partial charge in [-0.3, -0.25) is 0 Å². The highest BCUT2D eigenvalue weighted by Gasteiger charge is 2.35. The van der Waals surface area contributed by atoms with E-state index < -0.39 is 10.0 Å². The van der Waals surface area contributed by atoms with Crippen molar-refractivity contribution in [1.82, 2.24) is 15.0 Å². The van der Waals surface area contributed by atoms with Gasteiger partial charge in [-0.25, -0.2) is 15.0 Å². The molecule has 1 aromatic heterocycles. The van der Waals surface area contributed by atoms with Crippen LogP contribution in [0.3, 0.4) is 0 Å². The molecule has 0 N–H and O–H groups in total. The van der Waals surface area contributed by atoms with Gasteiger partial charge >= 0.3 is 0 Å².